The maximum absolute atomic E-state index is 12.8. The number of carbonyl (C=O) groups excluding carboxylic acids is 1. The quantitative estimate of drug-likeness (QED) is 0.588. The van der Waals surface area contributed by atoms with Gasteiger partial charge < -0.3 is 5.32 Å². The van der Waals surface area contributed by atoms with Crippen LogP contribution in [0, 0.1) is 17.0 Å². The van der Waals surface area contributed by atoms with Gasteiger partial charge in [-0.25, -0.2) is 4.98 Å². The van der Waals surface area contributed by atoms with Crippen LogP contribution in [0.15, 0.2) is 42.6 Å². The number of hydrogen-bond donors (Lipinski definition) is 1. The van der Waals surface area contributed by atoms with Gasteiger partial charge in [0.2, 0.25) is 0 Å². The van der Waals surface area contributed by atoms with Crippen LogP contribution < -0.4 is 5.32 Å². The second kappa shape index (κ2) is 6.11. The largest absolute Gasteiger partial charge is 0.320 e. The third kappa shape index (κ3) is 2.71. The normalized spacial score (nSPS) is 10.8. The number of aryl methyl sites for hydroxylation is 2. The summed E-state index contributed by atoms with van der Waals surface area (Å²) in [7, 11) is 0. The predicted molar refractivity (Wildman–Crippen MR) is 90.4 cm³/mol. The van der Waals surface area contributed by atoms with Crippen LogP contribution in [0.25, 0.3) is 5.65 Å². The number of fused-ring (bicyclic) bond motifs is 1. The number of non-ortho nitro benzene ring substituents is 1. The van der Waals surface area contributed by atoms with Gasteiger partial charge in [-0.3, -0.25) is 19.3 Å². The molecule has 3 aromatic rings. The van der Waals surface area contributed by atoms with E-state index in [9.17, 15) is 14.9 Å². The number of rotatable bonds is 4. The van der Waals surface area contributed by atoms with Gasteiger partial charge in [0.25, 0.3) is 11.6 Å². The van der Waals surface area contributed by atoms with Crippen molar-refractivity contribution in [1.82, 2.24) is 9.38 Å². The molecule has 0 saturated heterocycles. The smallest absolute Gasteiger partial charge is 0.274 e. The van der Waals surface area contributed by atoms with Gasteiger partial charge >= 0.3 is 0 Å². The Morgan fingerprint density at radius 1 is 1.33 bits per heavy atom. The first-order valence-electron chi connectivity index (χ1n) is 7.53. The number of aromatic nitrogens is 2. The number of pyridine rings is 1. The number of nitrogens with one attached hydrogen (secondary N) is 1. The zero-order valence-electron chi connectivity index (χ0n) is 13.3. The Hall–Kier alpha value is -3.22. The summed E-state index contributed by atoms with van der Waals surface area (Å²) in [6, 6.07) is 9.90. The van der Waals surface area contributed by atoms with Crippen molar-refractivity contribution in [2.45, 2.75) is 20.3 Å². The Balaban J connectivity index is 2.02. The number of imidazole rings is 1. The highest BCUT2D eigenvalue weighted by Crippen LogP contribution is 2.23. The van der Waals surface area contributed by atoms with Crippen LogP contribution in [0.1, 0.15) is 28.7 Å². The topological polar surface area (TPSA) is 89.5 Å². The summed E-state index contributed by atoms with van der Waals surface area (Å²) in [5.41, 5.74) is 2.92. The average Bonchev–Trinajstić information content (AvgIpc) is 2.95. The first-order chi connectivity index (χ1) is 11.5. The van der Waals surface area contributed by atoms with E-state index in [4.69, 9.17) is 0 Å². The molecule has 1 N–H and O–H groups in total. The van der Waals surface area contributed by atoms with Crippen molar-refractivity contribution >= 4 is 22.9 Å². The van der Waals surface area contributed by atoms with E-state index in [1.165, 1.54) is 12.1 Å². The minimum absolute atomic E-state index is 0.0650. The standard InChI is InChI=1S/C17H16N4O3/c1-3-13-16(20-9-5-4-6-15(20)18-13)17(22)19-14-10-12(21(23)24)8-7-11(14)2/h4-10H,3H2,1-2H3,(H,19,22). The molecule has 0 atom stereocenters. The highest BCUT2D eigenvalue weighted by atomic mass is 16.6. The fourth-order valence-corrected chi connectivity index (χ4v) is 2.57. The summed E-state index contributed by atoms with van der Waals surface area (Å²) >= 11 is 0. The van der Waals surface area contributed by atoms with E-state index >= 15 is 0 Å². The van der Waals surface area contributed by atoms with Gasteiger partial charge in [-0.15, -0.1) is 0 Å². The molecule has 0 aliphatic heterocycles. The Bertz CT molecular complexity index is 946. The average molecular weight is 324 g/mol. The molecule has 1 aromatic carbocycles. The molecule has 1 amide bonds. The SMILES string of the molecule is CCc1nc2ccccn2c1C(=O)Nc1cc([N+](=O)[O-])ccc1C. The van der Waals surface area contributed by atoms with Gasteiger partial charge in [0.1, 0.15) is 11.3 Å². The highest BCUT2D eigenvalue weighted by Gasteiger charge is 2.19. The molecular formula is C17H16N4O3. The predicted octanol–water partition coefficient (Wildman–Crippen LogP) is 3.37. The molecule has 0 unspecified atom stereocenters. The van der Waals surface area contributed by atoms with E-state index in [0.717, 1.165) is 5.56 Å². The van der Waals surface area contributed by atoms with Crippen molar-refractivity contribution < 1.29 is 9.72 Å². The zero-order chi connectivity index (χ0) is 17.3. The van der Waals surface area contributed by atoms with E-state index in [1.54, 1.807) is 23.6 Å². The van der Waals surface area contributed by atoms with Gasteiger partial charge in [0.05, 0.1) is 16.3 Å². The second-order valence-electron chi connectivity index (χ2n) is 5.40. The lowest BCUT2D eigenvalue weighted by molar-refractivity contribution is -0.384. The van der Waals surface area contributed by atoms with Crippen molar-refractivity contribution in [2.75, 3.05) is 5.32 Å². The van der Waals surface area contributed by atoms with Crippen LogP contribution >= 0.6 is 0 Å². The number of hydrogen-bond acceptors (Lipinski definition) is 4. The third-order valence-corrected chi connectivity index (χ3v) is 3.83. The third-order valence-electron chi connectivity index (χ3n) is 3.83. The van der Waals surface area contributed by atoms with Crippen LogP contribution in [0.5, 0.6) is 0 Å². The van der Waals surface area contributed by atoms with Crippen LogP contribution in [0.4, 0.5) is 11.4 Å². The summed E-state index contributed by atoms with van der Waals surface area (Å²) < 4.78 is 1.72. The van der Waals surface area contributed by atoms with Crippen LogP contribution in [-0.2, 0) is 6.42 Å². The lowest BCUT2D eigenvalue weighted by Crippen LogP contribution is -2.17. The number of nitro benzene ring substituents is 1. The summed E-state index contributed by atoms with van der Waals surface area (Å²) in [4.78, 5) is 27.7. The molecule has 0 aliphatic carbocycles. The molecule has 122 valence electrons. The second-order valence-corrected chi connectivity index (χ2v) is 5.40. The number of nitrogens with zero attached hydrogens (tertiary/aromatic N) is 3. The van der Waals surface area contributed by atoms with E-state index < -0.39 is 4.92 Å². The monoisotopic (exact) mass is 324 g/mol. The molecule has 0 spiro atoms. The molecule has 3 rings (SSSR count). The van der Waals surface area contributed by atoms with Gasteiger partial charge in [-0.05, 0) is 31.0 Å². The molecule has 0 bridgehead atoms. The molecule has 0 saturated carbocycles. The number of amides is 1. The number of carbonyl (C=O) groups is 1. The summed E-state index contributed by atoms with van der Waals surface area (Å²) in [6.07, 6.45) is 2.38. The Labute approximate surface area is 138 Å². The van der Waals surface area contributed by atoms with E-state index in [1.807, 2.05) is 25.1 Å². The molecule has 0 fully saturated rings. The van der Waals surface area contributed by atoms with Crippen molar-refractivity contribution in [2.24, 2.45) is 0 Å². The Kier molecular flexibility index (Phi) is 3.99. The fraction of sp³-hybridized carbons (Fsp3) is 0.176. The Morgan fingerprint density at radius 3 is 2.83 bits per heavy atom. The number of nitro groups is 1. The maximum atomic E-state index is 12.8. The van der Waals surface area contributed by atoms with Crippen molar-refractivity contribution in [3.05, 3.63) is 69.7 Å². The van der Waals surface area contributed by atoms with Gasteiger partial charge in [-0.1, -0.05) is 19.1 Å². The van der Waals surface area contributed by atoms with Gasteiger partial charge in [0, 0.05) is 18.3 Å². The first kappa shape index (κ1) is 15.7. The molecule has 2 aromatic heterocycles. The molecular weight excluding hydrogens is 308 g/mol. The summed E-state index contributed by atoms with van der Waals surface area (Å²) in [5.74, 6) is -0.339. The summed E-state index contributed by atoms with van der Waals surface area (Å²) in [6.45, 7) is 3.71. The van der Waals surface area contributed by atoms with Crippen molar-refractivity contribution in [3.8, 4) is 0 Å². The van der Waals surface area contributed by atoms with Gasteiger partial charge in [-0.2, -0.15) is 0 Å². The van der Waals surface area contributed by atoms with Crippen molar-refractivity contribution in [1.29, 1.82) is 0 Å². The van der Waals surface area contributed by atoms with E-state index in [2.05, 4.69) is 10.3 Å². The molecule has 24 heavy (non-hydrogen) atoms. The lowest BCUT2D eigenvalue weighted by atomic mass is 10.1. The minimum atomic E-state index is -0.485. The van der Waals surface area contributed by atoms with E-state index in [0.29, 0.717) is 29.1 Å². The molecule has 0 radical (unpaired) electrons. The van der Waals surface area contributed by atoms with Crippen molar-refractivity contribution in [3.63, 3.8) is 0 Å². The summed E-state index contributed by atoms with van der Waals surface area (Å²) in [5, 5.41) is 13.7. The van der Waals surface area contributed by atoms with E-state index in [-0.39, 0.29) is 11.6 Å². The zero-order valence-corrected chi connectivity index (χ0v) is 13.3. The number of benzene rings is 1. The lowest BCUT2D eigenvalue weighted by Gasteiger charge is -2.09. The molecule has 7 heteroatoms. The Morgan fingerprint density at radius 2 is 2.12 bits per heavy atom. The molecule has 0 aliphatic rings. The fourth-order valence-electron chi connectivity index (χ4n) is 2.57. The highest BCUT2D eigenvalue weighted by molar-refractivity contribution is 6.05. The van der Waals surface area contributed by atoms with Gasteiger partial charge in [0.15, 0.2) is 0 Å². The first-order valence-corrected chi connectivity index (χ1v) is 7.53. The molecule has 7 nitrogen and oxygen atoms in total. The van der Waals surface area contributed by atoms with Crippen LogP contribution in [-0.4, -0.2) is 20.2 Å². The minimum Gasteiger partial charge on any atom is -0.320 e. The van der Waals surface area contributed by atoms with Crippen LogP contribution in [0.3, 0.4) is 0 Å². The number of anilines is 1. The molecule has 2 heterocycles. The van der Waals surface area contributed by atoms with Crippen LogP contribution in [0.2, 0.25) is 0 Å². The maximum Gasteiger partial charge on any atom is 0.274 e.